The standard InChI is InChI=1S/C25H27N3O4S/c1-17-18(2)33-25(26-23(29)21-5-4-6-22(15-21)31-3)28(17)16-19-7-9-20(10-8-19)24(30)27-11-13-32-14-12-27/h4-10,15H,11-14,16H2,1-3H3. The van der Waals surface area contributed by atoms with E-state index in [1.165, 1.54) is 11.3 Å². The minimum absolute atomic E-state index is 0.0274. The van der Waals surface area contributed by atoms with E-state index in [9.17, 15) is 9.59 Å². The van der Waals surface area contributed by atoms with Crippen LogP contribution in [0, 0.1) is 13.8 Å². The second kappa shape index (κ2) is 10.1. The molecule has 0 radical (unpaired) electrons. The number of amides is 2. The molecule has 1 fully saturated rings. The molecule has 7 nitrogen and oxygen atoms in total. The molecule has 0 spiro atoms. The predicted octanol–water partition coefficient (Wildman–Crippen LogP) is 3.44. The first-order valence-electron chi connectivity index (χ1n) is 10.8. The number of morpholine rings is 1. The number of aryl methyl sites for hydroxylation is 1. The Balaban J connectivity index is 1.57. The van der Waals surface area contributed by atoms with Gasteiger partial charge >= 0.3 is 0 Å². The largest absolute Gasteiger partial charge is 0.497 e. The first-order chi connectivity index (χ1) is 16.0. The number of methoxy groups -OCH3 is 1. The van der Waals surface area contributed by atoms with Crippen molar-refractivity contribution in [3.05, 3.63) is 80.6 Å². The van der Waals surface area contributed by atoms with Gasteiger partial charge in [0.05, 0.1) is 26.9 Å². The molecule has 0 N–H and O–H groups in total. The Morgan fingerprint density at radius 2 is 1.79 bits per heavy atom. The molecule has 172 valence electrons. The Morgan fingerprint density at radius 3 is 2.48 bits per heavy atom. The van der Waals surface area contributed by atoms with Gasteiger partial charge in [-0.05, 0) is 49.7 Å². The average Bonchev–Trinajstić information content (AvgIpc) is 3.11. The molecule has 3 aromatic rings. The lowest BCUT2D eigenvalue weighted by molar-refractivity contribution is 0.0303. The molecule has 33 heavy (non-hydrogen) atoms. The Hall–Kier alpha value is -3.23. The quantitative estimate of drug-likeness (QED) is 0.579. The number of hydrogen-bond donors (Lipinski definition) is 0. The van der Waals surface area contributed by atoms with E-state index in [0.717, 1.165) is 16.1 Å². The van der Waals surface area contributed by atoms with E-state index in [-0.39, 0.29) is 11.8 Å². The van der Waals surface area contributed by atoms with E-state index in [4.69, 9.17) is 9.47 Å². The lowest BCUT2D eigenvalue weighted by atomic mass is 10.1. The van der Waals surface area contributed by atoms with Crippen LogP contribution in [-0.2, 0) is 11.3 Å². The van der Waals surface area contributed by atoms with Gasteiger partial charge in [0.1, 0.15) is 5.75 Å². The van der Waals surface area contributed by atoms with Crippen molar-refractivity contribution in [2.24, 2.45) is 4.99 Å². The third-order valence-corrected chi connectivity index (χ3v) is 6.84. The summed E-state index contributed by atoms with van der Waals surface area (Å²) in [6.45, 7) is 7.02. The van der Waals surface area contributed by atoms with Crippen LogP contribution in [-0.4, -0.2) is 54.7 Å². The molecular formula is C25H27N3O4S. The van der Waals surface area contributed by atoms with Crippen LogP contribution in [0.3, 0.4) is 0 Å². The molecule has 2 heterocycles. The van der Waals surface area contributed by atoms with Crippen LogP contribution in [0.25, 0.3) is 0 Å². The summed E-state index contributed by atoms with van der Waals surface area (Å²) in [5.74, 6) is 0.337. The minimum atomic E-state index is -0.310. The maximum atomic E-state index is 12.8. The number of ether oxygens (including phenoxy) is 2. The highest BCUT2D eigenvalue weighted by atomic mass is 32.1. The Morgan fingerprint density at radius 1 is 1.06 bits per heavy atom. The third-order valence-electron chi connectivity index (χ3n) is 5.74. The maximum absolute atomic E-state index is 12.8. The monoisotopic (exact) mass is 465 g/mol. The third kappa shape index (κ3) is 5.23. The highest BCUT2D eigenvalue weighted by Gasteiger charge is 2.18. The first-order valence-corrected chi connectivity index (χ1v) is 11.6. The second-order valence-electron chi connectivity index (χ2n) is 7.86. The van der Waals surface area contributed by atoms with E-state index in [0.29, 0.717) is 54.5 Å². The van der Waals surface area contributed by atoms with Gasteiger partial charge in [0, 0.05) is 34.8 Å². The SMILES string of the molecule is COc1cccc(C(=O)N=c2sc(C)c(C)n2Cc2ccc(C(=O)N3CCOCC3)cc2)c1. The summed E-state index contributed by atoms with van der Waals surface area (Å²) in [5, 5.41) is 0. The molecule has 0 saturated carbocycles. The van der Waals surface area contributed by atoms with E-state index < -0.39 is 0 Å². The van der Waals surface area contributed by atoms with Gasteiger partial charge in [0.2, 0.25) is 0 Å². The molecule has 0 unspecified atom stereocenters. The van der Waals surface area contributed by atoms with Gasteiger partial charge < -0.3 is 18.9 Å². The lowest BCUT2D eigenvalue weighted by Gasteiger charge is -2.26. The van der Waals surface area contributed by atoms with Gasteiger partial charge in [0.25, 0.3) is 11.8 Å². The number of nitrogens with zero attached hydrogens (tertiary/aromatic N) is 3. The lowest BCUT2D eigenvalue weighted by Crippen LogP contribution is -2.40. The molecule has 4 rings (SSSR count). The van der Waals surface area contributed by atoms with Crippen LogP contribution < -0.4 is 9.54 Å². The van der Waals surface area contributed by atoms with Crippen molar-refractivity contribution in [2.75, 3.05) is 33.4 Å². The van der Waals surface area contributed by atoms with Crippen LogP contribution in [0.15, 0.2) is 53.5 Å². The number of benzene rings is 2. The minimum Gasteiger partial charge on any atom is -0.497 e. The number of rotatable bonds is 5. The first kappa shape index (κ1) is 22.9. The van der Waals surface area contributed by atoms with E-state index in [1.807, 2.05) is 47.6 Å². The number of thiazole rings is 1. The number of carbonyl (C=O) groups excluding carboxylic acids is 2. The van der Waals surface area contributed by atoms with E-state index in [1.54, 1.807) is 31.4 Å². The number of aromatic nitrogens is 1. The van der Waals surface area contributed by atoms with Gasteiger partial charge in [-0.25, -0.2) is 0 Å². The predicted molar refractivity (Wildman–Crippen MR) is 127 cm³/mol. The molecule has 0 aliphatic carbocycles. The van der Waals surface area contributed by atoms with Crippen molar-refractivity contribution in [3.8, 4) is 5.75 Å². The van der Waals surface area contributed by atoms with Crippen molar-refractivity contribution in [2.45, 2.75) is 20.4 Å². The van der Waals surface area contributed by atoms with Crippen molar-refractivity contribution in [1.29, 1.82) is 0 Å². The number of hydrogen-bond acceptors (Lipinski definition) is 5. The molecule has 2 aromatic carbocycles. The van der Waals surface area contributed by atoms with E-state index in [2.05, 4.69) is 4.99 Å². The molecule has 8 heteroatoms. The fourth-order valence-electron chi connectivity index (χ4n) is 3.66. The zero-order chi connectivity index (χ0) is 23.4. The Labute approximate surface area is 196 Å². The highest BCUT2D eigenvalue weighted by molar-refractivity contribution is 7.09. The summed E-state index contributed by atoms with van der Waals surface area (Å²) >= 11 is 1.49. The smallest absolute Gasteiger partial charge is 0.279 e. The zero-order valence-electron chi connectivity index (χ0n) is 19.0. The molecular weight excluding hydrogens is 438 g/mol. The van der Waals surface area contributed by atoms with Gasteiger partial charge in [0.15, 0.2) is 4.80 Å². The van der Waals surface area contributed by atoms with Crippen LogP contribution in [0.5, 0.6) is 5.75 Å². The van der Waals surface area contributed by atoms with Crippen molar-refractivity contribution >= 4 is 23.2 Å². The zero-order valence-corrected chi connectivity index (χ0v) is 19.9. The van der Waals surface area contributed by atoms with Crippen LogP contribution in [0.1, 0.15) is 36.9 Å². The Kier molecular flexibility index (Phi) is 7.05. The van der Waals surface area contributed by atoms with Gasteiger partial charge in [-0.1, -0.05) is 18.2 Å². The molecule has 1 saturated heterocycles. The summed E-state index contributed by atoms with van der Waals surface area (Å²) in [4.78, 5) is 33.5. The second-order valence-corrected chi connectivity index (χ2v) is 9.04. The summed E-state index contributed by atoms with van der Waals surface area (Å²) in [5.41, 5.74) is 3.24. The molecule has 2 amide bonds. The van der Waals surface area contributed by atoms with Crippen molar-refractivity contribution in [1.82, 2.24) is 9.47 Å². The molecule has 1 aliphatic rings. The number of carbonyl (C=O) groups is 2. The fourth-order valence-corrected chi connectivity index (χ4v) is 4.63. The summed E-state index contributed by atoms with van der Waals surface area (Å²) in [6, 6.07) is 14.6. The average molecular weight is 466 g/mol. The van der Waals surface area contributed by atoms with Crippen LogP contribution >= 0.6 is 11.3 Å². The molecule has 0 atom stereocenters. The normalized spacial score (nSPS) is 14.4. The van der Waals surface area contributed by atoms with Gasteiger partial charge in [-0.2, -0.15) is 4.99 Å². The van der Waals surface area contributed by atoms with Gasteiger partial charge in [-0.3, -0.25) is 9.59 Å². The van der Waals surface area contributed by atoms with E-state index >= 15 is 0 Å². The van der Waals surface area contributed by atoms with Crippen LogP contribution in [0.4, 0.5) is 0 Å². The van der Waals surface area contributed by atoms with Gasteiger partial charge in [-0.15, -0.1) is 11.3 Å². The summed E-state index contributed by atoms with van der Waals surface area (Å²) in [7, 11) is 1.57. The molecule has 1 aromatic heterocycles. The van der Waals surface area contributed by atoms with Crippen molar-refractivity contribution in [3.63, 3.8) is 0 Å². The molecule has 0 bridgehead atoms. The summed E-state index contributed by atoms with van der Waals surface area (Å²) in [6.07, 6.45) is 0. The summed E-state index contributed by atoms with van der Waals surface area (Å²) < 4.78 is 12.6. The fraction of sp³-hybridized carbons (Fsp3) is 0.320. The van der Waals surface area contributed by atoms with Crippen molar-refractivity contribution < 1.29 is 19.1 Å². The molecule has 1 aliphatic heterocycles. The topological polar surface area (TPSA) is 73.1 Å². The Bertz CT molecular complexity index is 1220. The highest BCUT2D eigenvalue weighted by Crippen LogP contribution is 2.16. The van der Waals surface area contributed by atoms with Crippen LogP contribution in [0.2, 0.25) is 0 Å². The maximum Gasteiger partial charge on any atom is 0.279 e.